The van der Waals surface area contributed by atoms with Crippen LogP contribution in [0.1, 0.15) is 18.4 Å². The molecule has 0 unspecified atom stereocenters. The summed E-state index contributed by atoms with van der Waals surface area (Å²) in [6, 6.07) is 9.85. The predicted molar refractivity (Wildman–Crippen MR) is 103 cm³/mol. The van der Waals surface area contributed by atoms with Gasteiger partial charge in [0.25, 0.3) is 10.0 Å². The van der Waals surface area contributed by atoms with Gasteiger partial charge in [0.2, 0.25) is 5.91 Å². The van der Waals surface area contributed by atoms with Gasteiger partial charge in [-0.25, -0.2) is 12.8 Å². The second-order valence-electron chi connectivity index (χ2n) is 6.34. The number of halogens is 2. The molecule has 142 valence electrons. The number of sulfonamides is 1. The van der Waals surface area contributed by atoms with Gasteiger partial charge in [0, 0.05) is 12.2 Å². The summed E-state index contributed by atoms with van der Waals surface area (Å²) < 4.78 is 40.5. The second-order valence-corrected chi connectivity index (χ2v) is 8.43. The van der Waals surface area contributed by atoms with E-state index < -0.39 is 21.3 Å². The van der Waals surface area contributed by atoms with Gasteiger partial charge >= 0.3 is 0 Å². The van der Waals surface area contributed by atoms with Crippen molar-refractivity contribution >= 4 is 33.2 Å². The average Bonchev–Trinajstić information content (AvgIpc) is 3.44. The maximum atomic E-state index is 13.2. The zero-order chi connectivity index (χ0) is 19.7. The lowest BCUT2D eigenvalue weighted by Gasteiger charge is -2.16. The minimum Gasteiger partial charge on any atom is -0.352 e. The van der Waals surface area contributed by atoms with E-state index >= 15 is 0 Å². The quantitative estimate of drug-likeness (QED) is 0.687. The van der Waals surface area contributed by atoms with E-state index in [1.807, 2.05) is 0 Å². The molecule has 0 heterocycles. The van der Waals surface area contributed by atoms with E-state index in [2.05, 4.69) is 16.6 Å². The number of rotatable bonds is 7. The highest BCUT2D eigenvalue weighted by molar-refractivity contribution is 7.92. The average molecular weight is 409 g/mol. The fourth-order valence-electron chi connectivity index (χ4n) is 2.82. The lowest BCUT2D eigenvalue weighted by atomic mass is 9.95. The number of carbonyl (C=O) groups excluding carboxylic acids is 1. The third-order valence-electron chi connectivity index (χ3n) is 4.48. The first-order valence-corrected chi connectivity index (χ1v) is 10.1. The van der Waals surface area contributed by atoms with E-state index in [1.165, 1.54) is 0 Å². The third-order valence-corrected chi connectivity index (χ3v) is 6.15. The highest BCUT2D eigenvalue weighted by atomic mass is 35.5. The van der Waals surface area contributed by atoms with Crippen LogP contribution in [0, 0.1) is 5.82 Å². The Kier molecular flexibility index (Phi) is 5.26. The van der Waals surface area contributed by atoms with E-state index in [1.54, 1.807) is 30.3 Å². The number of carbonyl (C=O) groups is 1. The zero-order valence-electron chi connectivity index (χ0n) is 14.3. The van der Waals surface area contributed by atoms with Gasteiger partial charge in [-0.15, -0.1) is 6.58 Å². The van der Waals surface area contributed by atoms with Crippen LogP contribution < -0.4 is 10.0 Å². The summed E-state index contributed by atoms with van der Waals surface area (Å²) >= 11 is 5.66. The molecule has 5 nitrogen and oxygen atoms in total. The largest absolute Gasteiger partial charge is 0.352 e. The first-order chi connectivity index (χ1) is 12.8. The van der Waals surface area contributed by atoms with Gasteiger partial charge < -0.3 is 5.32 Å². The summed E-state index contributed by atoms with van der Waals surface area (Å²) in [6.07, 6.45) is 3.11. The van der Waals surface area contributed by atoms with E-state index in [-0.39, 0.29) is 15.8 Å². The van der Waals surface area contributed by atoms with Crippen LogP contribution in [0.3, 0.4) is 0 Å². The van der Waals surface area contributed by atoms with Crippen molar-refractivity contribution < 1.29 is 17.6 Å². The summed E-state index contributed by atoms with van der Waals surface area (Å²) in [7, 11) is -3.91. The SMILES string of the molecule is C=CCNC(=O)C1(c2ccc(NS(=O)(=O)c3ccc(F)c(Cl)c3)cc2)CC1. The molecule has 0 spiro atoms. The smallest absolute Gasteiger partial charge is 0.261 e. The third kappa shape index (κ3) is 3.99. The van der Waals surface area contributed by atoms with Gasteiger partial charge in [-0.3, -0.25) is 9.52 Å². The van der Waals surface area contributed by atoms with E-state index in [4.69, 9.17) is 11.6 Å². The summed E-state index contributed by atoms with van der Waals surface area (Å²) in [6.45, 7) is 3.98. The van der Waals surface area contributed by atoms with Crippen molar-refractivity contribution in [1.29, 1.82) is 0 Å². The zero-order valence-corrected chi connectivity index (χ0v) is 15.9. The van der Waals surface area contributed by atoms with Crippen molar-refractivity contribution in [2.75, 3.05) is 11.3 Å². The molecule has 1 amide bonds. The molecule has 0 radical (unpaired) electrons. The van der Waals surface area contributed by atoms with Crippen molar-refractivity contribution in [2.45, 2.75) is 23.2 Å². The molecule has 1 aliphatic rings. The van der Waals surface area contributed by atoms with Crippen LogP contribution in [-0.4, -0.2) is 20.9 Å². The van der Waals surface area contributed by atoms with E-state index in [0.29, 0.717) is 12.2 Å². The molecule has 1 saturated carbocycles. The molecule has 0 bridgehead atoms. The Balaban J connectivity index is 1.77. The van der Waals surface area contributed by atoms with Crippen molar-refractivity contribution in [1.82, 2.24) is 5.32 Å². The normalized spacial score (nSPS) is 15.0. The number of anilines is 1. The molecule has 1 aliphatic carbocycles. The predicted octanol–water partition coefficient (Wildman–Crippen LogP) is 3.61. The molecule has 27 heavy (non-hydrogen) atoms. The highest BCUT2D eigenvalue weighted by Crippen LogP contribution is 2.48. The van der Waals surface area contributed by atoms with Gasteiger partial charge in [-0.05, 0) is 48.7 Å². The summed E-state index contributed by atoms with van der Waals surface area (Å²) in [5.74, 6) is -0.749. The first-order valence-electron chi connectivity index (χ1n) is 8.26. The molecule has 8 heteroatoms. The minimum absolute atomic E-state index is 0.0586. The number of hydrogen-bond donors (Lipinski definition) is 2. The molecule has 2 aromatic rings. The van der Waals surface area contributed by atoms with E-state index in [9.17, 15) is 17.6 Å². The molecule has 3 rings (SSSR count). The van der Waals surface area contributed by atoms with Crippen molar-refractivity contribution in [3.05, 3.63) is 71.5 Å². The summed E-state index contributed by atoms with van der Waals surface area (Å²) in [5.41, 5.74) is 0.614. The number of nitrogens with one attached hydrogen (secondary N) is 2. The fraction of sp³-hybridized carbons (Fsp3) is 0.211. The van der Waals surface area contributed by atoms with E-state index in [0.717, 1.165) is 36.6 Å². The summed E-state index contributed by atoms with van der Waals surface area (Å²) in [4.78, 5) is 12.2. The van der Waals surface area contributed by atoms with Gasteiger partial charge in [0.15, 0.2) is 0 Å². The summed E-state index contributed by atoms with van der Waals surface area (Å²) in [5, 5.41) is 2.54. The van der Waals surface area contributed by atoms with Crippen molar-refractivity contribution in [2.24, 2.45) is 0 Å². The number of benzene rings is 2. The van der Waals surface area contributed by atoms with Crippen molar-refractivity contribution in [3.8, 4) is 0 Å². The van der Waals surface area contributed by atoms with Crippen LogP contribution in [0.2, 0.25) is 5.02 Å². The van der Waals surface area contributed by atoms with Crippen LogP contribution in [0.25, 0.3) is 0 Å². The van der Waals surface area contributed by atoms with Gasteiger partial charge in [0.05, 0.1) is 15.3 Å². The molecule has 0 aliphatic heterocycles. The lowest BCUT2D eigenvalue weighted by Crippen LogP contribution is -2.34. The Bertz CT molecular complexity index is 987. The maximum Gasteiger partial charge on any atom is 0.261 e. The standard InChI is InChI=1S/C19H18ClFN2O3S/c1-2-11-22-18(24)19(9-10-19)13-3-5-14(6-4-13)23-27(25,26)15-7-8-17(21)16(20)12-15/h2-8,12,23H,1,9-11H2,(H,22,24). The van der Waals surface area contributed by atoms with Gasteiger partial charge in [-0.1, -0.05) is 29.8 Å². The molecule has 2 aromatic carbocycles. The Labute approximate surface area is 162 Å². The molecule has 1 fully saturated rings. The number of hydrogen-bond acceptors (Lipinski definition) is 3. The van der Waals surface area contributed by atoms with Gasteiger partial charge in [-0.2, -0.15) is 0 Å². The topological polar surface area (TPSA) is 75.3 Å². The molecular weight excluding hydrogens is 391 g/mol. The molecule has 0 atom stereocenters. The van der Waals surface area contributed by atoms with Crippen molar-refractivity contribution in [3.63, 3.8) is 0 Å². The Morgan fingerprint density at radius 1 is 1.22 bits per heavy atom. The maximum absolute atomic E-state index is 13.2. The van der Waals surface area contributed by atoms with Crippen LogP contribution in [-0.2, 0) is 20.2 Å². The minimum atomic E-state index is -3.91. The van der Waals surface area contributed by atoms with Crippen LogP contribution >= 0.6 is 11.6 Å². The molecule has 0 aromatic heterocycles. The Morgan fingerprint density at radius 3 is 2.44 bits per heavy atom. The van der Waals surface area contributed by atoms with Crippen LogP contribution in [0.5, 0.6) is 0 Å². The Hall–Kier alpha value is -2.38. The number of amides is 1. The lowest BCUT2D eigenvalue weighted by molar-refractivity contribution is -0.123. The second kappa shape index (κ2) is 7.32. The molecular formula is C19H18ClFN2O3S. The van der Waals surface area contributed by atoms with Crippen LogP contribution in [0.4, 0.5) is 10.1 Å². The highest BCUT2D eigenvalue weighted by Gasteiger charge is 2.50. The molecule has 0 saturated heterocycles. The monoisotopic (exact) mass is 408 g/mol. The van der Waals surface area contributed by atoms with Gasteiger partial charge in [0.1, 0.15) is 5.82 Å². The van der Waals surface area contributed by atoms with Crippen LogP contribution in [0.15, 0.2) is 60.0 Å². The fourth-order valence-corrected chi connectivity index (χ4v) is 4.15. The first kappa shape index (κ1) is 19.4. The molecule has 2 N–H and O–H groups in total. The Morgan fingerprint density at radius 2 is 1.89 bits per heavy atom.